The molecule has 11 aromatic rings. The lowest BCUT2D eigenvalue weighted by molar-refractivity contribution is 1.29. The Hall–Kier alpha value is -6.74. The molecule has 0 aliphatic heterocycles. The van der Waals surface area contributed by atoms with Crippen LogP contribution in [-0.4, -0.2) is 0 Å². The monoisotopic (exact) mass is 703 g/mol. The van der Waals surface area contributed by atoms with E-state index in [-0.39, 0.29) is 0 Å². The van der Waals surface area contributed by atoms with Gasteiger partial charge in [0.2, 0.25) is 0 Å². The van der Waals surface area contributed by atoms with E-state index >= 15 is 0 Å². The van der Waals surface area contributed by atoms with Crippen LogP contribution in [0.15, 0.2) is 200 Å². The summed E-state index contributed by atoms with van der Waals surface area (Å²) in [6.45, 7) is 0. The minimum absolute atomic E-state index is 1.11. The standard InChI is InChI=1S/C52H33NS/c1-3-11-43-35(9-1)17-18-36-23-29-42(33-50(36)43)53(40-25-19-34(20-26-40)38-24-30-48-47-15-7-8-16-51(47)54-52(48)32-38)41-27-21-37(22-28-41)49-31-39-10-2-4-12-44(39)45-13-5-6-14-46(45)49/h1-33H. The zero-order valence-corrected chi connectivity index (χ0v) is 30.2. The predicted molar refractivity (Wildman–Crippen MR) is 235 cm³/mol. The molecule has 1 nitrogen and oxygen atoms in total. The van der Waals surface area contributed by atoms with Gasteiger partial charge in [-0.3, -0.25) is 0 Å². The normalized spacial score (nSPS) is 11.7. The summed E-state index contributed by atoms with van der Waals surface area (Å²) in [5, 5.41) is 12.8. The fourth-order valence-electron chi connectivity index (χ4n) is 8.37. The van der Waals surface area contributed by atoms with Gasteiger partial charge in [0.05, 0.1) is 0 Å². The van der Waals surface area contributed by atoms with Crippen molar-refractivity contribution < 1.29 is 0 Å². The smallest absolute Gasteiger partial charge is 0.0468 e. The number of nitrogens with zero attached hydrogens (tertiary/aromatic N) is 1. The van der Waals surface area contributed by atoms with Crippen molar-refractivity contribution in [3.05, 3.63) is 200 Å². The molecule has 2 heteroatoms. The summed E-state index contributed by atoms with van der Waals surface area (Å²) in [6, 6.07) is 73.6. The molecule has 11 rings (SSSR count). The van der Waals surface area contributed by atoms with E-state index in [2.05, 4.69) is 205 Å². The van der Waals surface area contributed by atoms with Crippen molar-refractivity contribution in [3.8, 4) is 22.3 Å². The van der Waals surface area contributed by atoms with E-state index in [0.29, 0.717) is 0 Å². The zero-order valence-electron chi connectivity index (χ0n) is 29.4. The molecule has 0 aliphatic rings. The van der Waals surface area contributed by atoms with Crippen molar-refractivity contribution in [1.82, 2.24) is 0 Å². The van der Waals surface area contributed by atoms with Gasteiger partial charge in [-0.15, -0.1) is 11.3 Å². The maximum Gasteiger partial charge on any atom is 0.0468 e. The van der Waals surface area contributed by atoms with Crippen LogP contribution in [0.2, 0.25) is 0 Å². The summed E-state index contributed by atoms with van der Waals surface area (Å²) in [6.07, 6.45) is 0. The minimum atomic E-state index is 1.11. The highest BCUT2D eigenvalue weighted by Gasteiger charge is 2.16. The molecular formula is C52H33NS. The lowest BCUT2D eigenvalue weighted by Crippen LogP contribution is -2.10. The Labute approximate surface area is 317 Å². The van der Waals surface area contributed by atoms with Crippen molar-refractivity contribution in [2.24, 2.45) is 0 Å². The molecular weight excluding hydrogens is 671 g/mol. The quantitative estimate of drug-likeness (QED) is 0.161. The Morgan fingerprint density at radius 1 is 0.278 bits per heavy atom. The summed E-state index contributed by atoms with van der Waals surface area (Å²) in [7, 11) is 0. The Balaban J connectivity index is 1.04. The van der Waals surface area contributed by atoms with Crippen LogP contribution in [0.25, 0.3) is 85.5 Å². The summed E-state index contributed by atoms with van der Waals surface area (Å²) in [4.78, 5) is 2.39. The average molecular weight is 704 g/mol. The third kappa shape index (κ3) is 5.07. The highest BCUT2D eigenvalue weighted by atomic mass is 32.1. The lowest BCUT2D eigenvalue weighted by Gasteiger charge is -2.26. The molecule has 54 heavy (non-hydrogen) atoms. The molecule has 0 saturated heterocycles. The second kappa shape index (κ2) is 12.4. The van der Waals surface area contributed by atoms with Crippen LogP contribution >= 0.6 is 11.3 Å². The molecule has 0 fully saturated rings. The number of thiophene rings is 1. The maximum atomic E-state index is 2.39. The molecule has 0 bridgehead atoms. The summed E-state index contributed by atoms with van der Waals surface area (Å²) in [5.74, 6) is 0. The van der Waals surface area contributed by atoms with Gasteiger partial charge in [0.1, 0.15) is 0 Å². The van der Waals surface area contributed by atoms with Gasteiger partial charge in [0.25, 0.3) is 0 Å². The van der Waals surface area contributed by atoms with Crippen LogP contribution in [0.5, 0.6) is 0 Å². The molecule has 0 atom stereocenters. The molecule has 0 unspecified atom stereocenters. The number of benzene rings is 10. The van der Waals surface area contributed by atoms with E-state index in [0.717, 1.165) is 17.1 Å². The molecule has 0 aliphatic carbocycles. The molecule has 0 amide bonds. The predicted octanol–water partition coefficient (Wildman–Crippen LogP) is 15.5. The summed E-state index contributed by atoms with van der Waals surface area (Å²) >= 11 is 1.87. The Kier molecular flexibility index (Phi) is 7.11. The van der Waals surface area contributed by atoms with Gasteiger partial charge in [-0.2, -0.15) is 0 Å². The van der Waals surface area contributed by atoms with E-state index in [1.165, 1.54) is 85.5 Å². The van der Waals surface area contributed by atoms with E-state index in [4.69, 9.17) is 0 Å². The van der Waals surface area contributed by atoms with E-state index in [1.807, 2.05) is 11.3 Å². The minimum Gasteiger partial charge on any atom is -0.310 e. The fraction of sp³-hybridized carbons (Fsp3) is 0. The third-order valence-corrected chi connectivity index (χ3v) is 12.2. The van der Waals surface area contributed by atoms with Crippen LogP contribution in [0.4, 0.5) is 17.1 Å². The van der Waals surface area contributed by atoms with Gasteiger partial charge in [0.15, 0.2) is 0 Å². The van der Waals surface area contributed by atoms with Gasteiger partial charge < -0.3 is 4.90 Å². The van der Waals surface area contributed by atoms with E-state index in [1.54, 1.807) is 0 Å². The van der Waals surface area contributed by atoms with Gasteiger partial charge in [-0.25, -0.2) is 0 Å². The van der Waals surface area contributed by atoms with E-state index < -0.39 is 0 Å². The molecule has 0 saturated carbocycles. The van der Waals surface area contributed by atoms with Crippen molar-refractivity contribution in [3.63, 3.8) is 0 Å². The van der Waals surface area contributed by atoms with Crippen molar-refractivity contribution in [1.29, 1.82) is 0 Å². The van der Waals surface area contributed by atoms with Crippen LogP contribution in [0.3, 0.4) is 0 Å². The zero-order chi connectivity index (χ0) is 35.6. The first-order chi connectivity index (χ1) is 26.7. The first-order valence-electron chi connectivity index (χ1n) is 18.5. The molecule has 0 N–H and O–H groups in total. The molecule has 0 radical (unpaired) electrons. The molecule has 10 aromatic carbocycles. The van der Waals surface area contributed by atoms with E-state index in [9.17, 15) is 0 Å². The SMILES string of the molecule is c1ccc2c(c1)ccc1ccc(N(c3ccc(-c4ccc5c(c4)sc4ccccc45)cc3)c3ccc(-c4cc5ccccc5c5ccccc45)cc3)cc12. The molecule has 0 spiro atoms. The van der Waals surface area contributed by atoms with Crippen molar-refractivity contribution in [2.45, 2.75) is 0 Å². The average Bonchev–Trinajstić information content (AvgIpc) is 3.62. The van der Waals surface area contributed by atoms with Crippen LogP contribution in [0, 0.1) is 0 Å². The number of hydrogen-bond donors (Lipinski definition) is 0. The maximum absolute atomic E-state index is 2.39. The first-order valence-corrected chi connectivity index (χ1v) is 19.3. The number of anilines is 3. The summed E-state index contributed by atoms with van der Waals surface area (Å²) < 4.78 is 2.65. The first kappa shape index (κ1) is 30.8. The molecule has 1 aromatic heterocycles. The largest absolute Gasteiger partial charge is 0.310 e. The molecule has 252 valence electrons. The summed E-state index contributed by atoms with van der Waals surface area (Å²) in [5.41, 5.74) is 8.25. The van der Waals surface area contributed by atoms with Crippen molar-refractivity contribution >= 4 is 91.7 Å². The second-order valence-electron chi connectivity index (χ2n) is 14.1. The second-order valence-corrected chi connectivity index (χ2v) is 15.2. The number of fused-ring (bicyclic) bond motifs is 9. The third-order valence-electron chi connectivity index (χ3n) is 11.0. The number of rotatable bonds is 5. The van der Waals surface area contributed by atoms with Crippen molar-refractivity contribution in [2.75, 3.05) is 4.90 Å². The molecule has 1 heterocycles. The van der Waals surface area contributed by atoms with Gasteiger partial charge in [-0.05, 0) is 120 Å². The lowest BCUT2D eigenvalue weighted by atomic mass is 9.93. The van der Waals surface area contributed by atoms with Crippen LogP contribution in [0.1, 0.15) is 0 Å². The fourth-order valence-corrected chi connectivity index (χ4v) is 9.51. The van der Waals surface area contributed by atoms with Gasteiger partial charge in [-0.1, -0.05) is 146 Å². The highest BCUT2D eigenvalue weighted by molar-refractivity contribution is 7.25. The Morgan fingerprint density at radius 3 is 1.56 bits per heavy atom. The highest BCUT2D eigenvalue weighted by Crippen LogP contribution is 2.42. The Morgan fingerprint density at radius 2 is 0.796 bits per heavy atom. The van der Waals surface area contributed by atoms with Gasteiger partial charge in [0, 0.05) is 37.2 Å². The Bertz CT molecular complexity index is 3210. The topological polar surface area (TPSA) is 3.24 Å². The number of hydrogen-bond acceptors (Lipinski definition) is 2. The van der Waals surface area contributed by atoms with Crippen LogP contribution in [-0.2, 0) is 0 Å². The van der Waals surface area contributed by atoms with Crippen LogP contribution < -0.4 is 4.90 Å². The van der Waals surface area contributed by atoms with Gasteiger partial charge >= 0.3 is 0 Å².